The Balaban J connectivity index is 1.62. The third-order valence-corrected chi connectivity index (χ3v) is 6.90. The maximum Gasteiger partial charge on any atom is 0.328 e. The standard InChI is InChI=1S/C25H25Cl2N3O6S/c1-14(11-25(2)6-4-7-36-25)21(31)28-12-15-9-16(26)20(17(27)10-15)23(33)30-18(24(34)35)13-29-22(32)19-5-3-8-37-19/h3-5,7-11,18H,6,12-13H2,1-2H3,(H,28,31)(H,29,32)(H,30,33)(H,34,35)/b14-11+/t18-,25?/m0/s1. The van der Waals surface area contributed by atoms with Gasteiger partial charge in [0.25, 0.3) is 11.8 Å². The number of carbonyl (C=O) groups excluding carboxylic acids is 3. The number of rotatable bonds is 10. The molecule has 0 fully saturated rings. The second-order valence-corrected chi connectivity index (χ2v) is 10.3. The van der Waals surface area contributed by atoms with E-state index in [9.17, 15) is 24.3 Å². The lowest BCUT2D eigenvalue weighted by atomic mass is 10.00. The summed E-state index contributed by atoms with van der Waals surface area (Å²) in [7, 11) is 0. The predicted molar refractivity (Wildman–Crippen MR) is 141 cm³/mol. The number of hydrogen-bond donors (Lipinski definition) is 4. The van der Waals surface area contributed by atoms with Crippen molar-refractivity contribution >= 4 is 58.2 Å². The molecule has 0 aliphatic carbocycles. The van der Waals surface area contributed by atoms with E-state index in [2.05, 4.69) is 16.0 Å². The second kappa shape index (κ2) is 12.3. The number of carboxylic acids is 1. The SMILES string of the molecule is C/C(=C\C1(C)CC=CO1)C(=O)NCc1cc(Cl)c(C(=O)N[C@@H](CNC(=O)c2cccs2)C(=O)O)c(Cl)c1. The van der Waals surface area contributed by atoms with Gasteiger partial charge in [0.05, 0.1) is 26.7 Å². The molecule has 2 aromatic rings. The Labute approximate surface area is 227 Å². The summed E-state index contributed by atoms with van der Waals surface area (Å²) >= 11 is 13.8. The van der Waals surface area contributed by atoms with Gasteiger partial charge in [-0.1, -0.05) is 29.3 Å². The number of amides is 3. The molecule has 2 heterocycles. The number of ether oxygens (including phenoxy) is 1. The Bertz CT molecular complexity index is 1230. The molecule has 0 saturated heterocycles. The fourth-order valence-electron chi connectivity index (χ4n) is 3.54. The van der Waals surface area contributed by atoms with E-state index in [1.54, 1.807) is 36.8 Å². The fourth-order valence-corrected chi connectivity index (χ4v) is 4.88. The Morgan fingerprint density at radius 1 is 1.19 bits per heavy atom. The minimum atomic E-state index is -1.42. The smallest absolute Gasteiger partial charge is 0.328 e. The first-order chi connectivity index (χ1) is 17.5. The molecule has 9 nitrogen and oxygen atoms in total. The van der Waals surface area contributed by atoms with Crippen molar-refractivity contribution < 1.29 is 29.0 Å². The van der Waals surface area contributed by atoms with Crippen LogP contribution in [0.15, 0.2) is 53.6 Å². The highest BCUT2D eigenvalue weighted by Crippen LogP contribution is 2.28. The summed E-state index contributed by atoms with van der Waals surface area (Å²) in [6.45, 7) is 3.30. The van der Waals surface area contributed by atoms with E-state index in [1.165, 1.54) is 23.5 Å². The highest BCUT2D eigenvalue weighted by molar-refractivity contribution is 7.12. The van der Waals surface area contributed by atoms with Crippen molar-refractivity contribution in [3.05, 3.63) is 79.7 Å². The Morgan fingerprint density at radius 3 is 2.46 bits per heavy atom. The monoisotopic (exact) mass is 565 g/mol. The minimum absolute atomic E-state index is 0.0220. The van der Waals surface area contributed by atoms with Gasteiger partial charge in [0, 0.05) is 25.1 Å². The quantitative estimate of drug-likeness (QED) is 0.322. The first-order valence-corrected chi connectivity index (χ1v) is 12.8. The van der Waals surface area contributed by atoms with Gasteiger partial charge in [0.2, 0.25) is 5.91 Å². The van der Waals surface area contributed by atoms with Crippen LogP contribution in [0, 0.1) is 0 Å². The minimum Gasteiger partial charge on any atom is -0.491 e. The van der Waals surface area contributed by atoms with Crippen molar-refractivity contribution in [3.63, 3.8) is 0 Å². The average molecular weight is 566 g/mol. The van der Waals surface area contributed by atoms with E-state index >= 15 is 0 Å². The highest BCUT2D eigenvalue weighted by Gasteiger charge is 2.26. The van der Waals surface area contributed by atoms with Crippen molar-refractivity contribution in [3.8, 4) is 0 Å². The van der Waals surface area contributed by atoms with Crippen LogP contribution in [0.1, 0.15) is 45.9 Å². The van der Waals surface area contributed by atoms with Gasteiger partial charge in [-0.3, -0.25) is 14.4 Å². The van der Waals surface area contributed by atoms with Gasteiger partial charge < -0.3 is 25.8 Å². The molecule has 1 aromatic heterocycles. The van der Waals surface area contributed by atoms with Crippen molar-refractivity contribution in [2.24, 2.45) is 0 Å². The molecular formula is C25H25Cl2N3O6S. The first kappa shape index (κ1) is 28.2. The van der Waals surface area contributed by atoms with E-state index in [0.717, 1.165) is 0 Å². The number of hydrogen-bond acceptors (Lipinski definition) is 6. The van der Waals surface area contributed by atoms with E-state index in [1.807, 2.05) is 13.0 Å². The molecule has 37 heavy (non-hydrogen) atoms. The summed E-state index contributed by atoms with van der Waals surface area (Å²) in [6.07, 6.45) is 5.89. The highest BCUT2D eigenvalue weighted by atomic mass is 35.5. The lowest BCUT2D eigenvalue weighted by molar-refractivity contribution is -0.139. The molecule has 0 spiro atoms. The van der Waals surface area contributed by atoms with Gasteiger partial charge in [-0.05, 0) is 55.1 Å². The van der Waals surface area contributed by atoms with Gasteiger partial charge in [-0.15, -0.1) is 11.3 Å². The Morgan fingerprint density at radius 2 is 1.89 bits per heavy atom. The molecular weight excluding hydrogens is 541 g/mol. The Kier molecular flexibility index (Phi) is 9.36. The van der Waals surface area contributed by atoms with Crippen LogP contribution in [0.3, 0.4) is 0 Å². The molecule has 1 aliphatic rings. The van der Waals surface area contributed by atoms with Crippen LogP contribution >= 0.6 is 34.5 Å². The first-order valence-electron chi connectivity index (χ1n) is 11.1. The van der Waals surface area contributed by atoms with Crippen molar-refractivity contribution in [2.75, 3.05) is 6.54 Å². The molecule has 2 atom stereocenters. The number of carbonyl (C=O) groups is 4. The second-order valence-electron chi connectivity index (χ2n) is 8.50. The van der Waals surface area contributed by atoms with Gasteiger partial charge in [0.1, 0.15) is 11.6 Å². The van der Waals surface area contributed by atoms with Gasteiger partial charge in [-0.25, -0.2) is 4.79 Å². The summed E-state index contributed by atoms with van der Waals surface area (Å²) in [4.78, 5) is 49.4. The van der Waals surface area contributed by atoms with Crippen LogP contribution in [0.4, 0.5) is 0 Å². The molecule has 1 aliphatic heterocycles. The van der Waals surface area contributed by atoms with Gasteiger partial charge >= 0.3 is 5.97 Å². The summed E-state index contributed by atoms with van der Waals surface area (Å²) in [5.41, 5.74) is 0.328. The molecule has 1 unspecified atom stereocenters. The number of thiophene rings is 1. The van der Waals surface area contributed by atoms with Gasteiger partial charge in [-0.2, -0.15) is 0 Å². The molecule has 0 saturated carbocycles. The van der Waals surface area contributed by atoms with E-state index in [-0.39, 0.29) is 34.6 Å². The largest absolute Gasteiger partial charge is 0.491 e. The zero-order valence-electron chi connectivity index (χ0n) is 20.0. The molecule has 3 amide bonds. The normalized spacial score (nSPS) is 17.6. The summed E-state index contributed by atoms with van der Waals surface area (Å²) < 4.78 is 5.51. The third kappa shape index (κ3) is 7.58. The van der Waals surface area contributed by atoms with E-state index < -0.39 is 29.4 Å². The number of nitrogens with one attached hydrogen (secondary N) is 3. The van der Waals surface area contributed by atoms with Crippen molar-refractivity contribution in [2.45, 2.75) is 38.5 Å². The number of carboxylic acid groups (broad SMARTS) is 1. The molecule has 1 aromatic carbocycles. The lowest BCUT2D eigenvalue weighted by Crippen LogP contribution is -2.48. The maximum atomic E-state index is 12.8. The number of aliphatic carboxylic acids is 1. The summed E-state index contributed by atoms with van der Waals surface area (Å²) in [6, 6.07) is 4.79. The molecule has 12 heteroatoms. The van der Waals surface area contributed by atoms with Crippen LogP contribution in [-0.2, 0) is 20.9 Å². The Hall–Kier alpha value is -3.34. The molecule has 196 valence electrons. The van der Waals surface area contributed by atoms with E-state index in [4.69, 9.17) is 27.9 Å². The maximum absolute atomic E-state index is 12.8. The van der Waals surface area contributed by atoms with E-state index in [0.29, 0.717) is 22.4 Å². The summed E-state index contributed by atoms with van der Waals surface area (Å²) in [5, 5.41) is 18.7. The summed E-state index contributed by atoms with van der Waals surface area (Å²) in [5.74, 6) is -2.92. The topological polar surface area (TPSA) is 134 Å². The van der Waals surface area contributed by atoms with Crippen LogP contribution in [-0.4, -0.2) is 47.0 Å². The molecule has 0 bridgehead atoms. The molecule has 3 rings (SSSR count). The van der Waals surface area contributed by atoms with Crippen LogP contribution in [0.25, 0.3) is 0 Å². The van der Waals surface area contributed by atoms with Crippen molar-refractivity contribution in [1.82, 2.24) is 16.0 Å². The van der Waals surface area contributed by atoms with Gasteiger partial charge in [0.15, 0.2) is 0 Å². The zero-order valence-corrected chi connectivity index (χ0v) is 22.3. The average Bonchev–Trinajstić information content (AvgIpc) is 3.51. The van der Waals surface area contributed by atoms with Crippen LogP contribution < -0.4 is 16.0 Å². The number of halogens is 2. The van der Waals surface area contributed by atoms with Crippen molar-refractivity contribution in [1.29, 1.82) is 0 Å². The molecule has 4 N–H and O–H groups in total. The fraction of sp³-hybridized carbons (Fsp3) is 0.280. The molecule has 0 radical (unpaired) electrons. The van der Waals surface area contributed by atoms with Crippen LogP contribution in [0.2, 0.25) is 10.0 Å². The number of benzene rings is 1. The van der Waals surface area contributed by atoms with Crippen LogP contribution in [0.5, 0.6) is 0 Å². The third-order valence-electron chi connectivity index (χ3n) is 5.43. The lowest BCUT2D eigenvalue weighted by Gasteiger charge is -2.20. The zero-order chi connectivity index (χ0) is 27.2. The predicted octanol–water partition coefficient (Wildman–Crippen LogP) is 3.92.